The lowest BCUT2D eigenvalue weighted by Gasteiger charge is -2.11. The molecule has 0 radical (unpaired) electrons. The van der Waals surface area contributed by atoms with Gasteiger partial charge in [-0.05, 0) is 54.6 Å². The van der Waals surface area contributed by atoms with Crippen molar-refractivity contribution >= 4 is 23.4 Å². The number of thioether (sulfide) groups is 1. The minimum Gasteiger partial charge on any atom is -0.338 e. The Bertz CT molecular complexity index is 1210. The van der Waals surface area contributed by atoms with E-state index in [0.717, 1.165) is 4.90 Å². The Balaban J connectivity index is 1.54. The number of aryl methyl sites for hydroxylation is 2. The van der Waals surface area contributed by atoms with Gasteiger partial charge in [0.05, 0.1) is 11.3 Å². The molecule has 2 aromatic carbocycles. The summed E-state index contributed by atoms with van der Waals surface area (Å²) in [6, 6.07) is 11.4. The highest BCUT2D eigenvalue weighted by atomic mass is 32.2. The molecule has 0 aliphatic rings. The minimum atomic E-state index is -0.505. The summed E-state index contributed by atoms with van der Waals surface area (Å²) in [6.45, 7) is 3.40. The van der Waals surface area contributed by atoms with Gasteiger partial charge >= 0.3 is 0 Å². The molecule has 0 aliphatic heterocycles. The van der Waals surface area contributed by atoms with Crippen LogP contribution >= 0.6 is 11.8 Å². The van der Waals surface area contributed by atoms with Gasteiger partial charge in [0.15, 0.2) is 11.6 Å². The van der Waals surface area contributed by atoms with Crippen molar-refractivity contribution in [2.24, 2.45) is 0 Å². The maximum atomic E-state index is 14.2. The maximum Gasteiger partial charge on any atom is 0.256 e. The zero-order valence-corrected chi connectivity index (χ0v) is 16.9. The van der Waals surface area contributed by atoms with Crippen molar-refractivity contribution in [2.45, 2.75) is 24.5 Å². The number of carbonyl (C=O) groups excluding carboxylic acids is 1. The van der Waals surface area contributed by atoms with Crippen LogP contribution in [0.4, 0.5) is 10.1 Å². The summed E-state index contributed by atoms with van der Waals surface area (Å²) in [6.07, 6.45) is 0. The van der Waals surface area contributed by atoms with Gasteiger partial charge in [-0.15, -0.1) is 16.9 Å². The van der Waals surface area contributed by atoms with Crippen LogP contribution in [0, 0.1) is 19.7 Å². The summed E-state index contributed by atoms with van der Waals surface area (Å²) >= 11 is 1.41. The van der Waals surface area contributed by atoms with E-state index < -0.39 is 5.82 Å². The number of nitrogens with one attached hydrogen (secondary N) is 1. The predicted octanol–water partition coefficient (Wildman–Crippen LogP) is 3.35. The smallest absolute Gasteiger partial charge is 0.256 e. The highest BCUT2D eigenvalue weighted by molar-refractivity contribution is 7.98. The Morgan fingerprint density at radius 2 is 2.07 bits per heavy atom. The average molecular weight is 425 g/mol. The van der Waals surface area contributed by atoms with Crippen molar-refractivity contribution in [3.63, 3.8) is 0 Å². The molecule has 1 N–H and O–H groups in total. The lowest BCUT2D eigenvalue weighted by molar-refractivity contribution is 0.102. The molecule has 0 bridgehead atoms. The van der Waals surface area contributed by atoms with E-state index in [9.17, 15) is 9.18 Å². The first-order valence-electron chi connectivity index (χ1n) is 8.88. The Hall–Kier alpha value is -3.60. The summed E-state index contributed by atoms with van der Waals surface area (Å²) in [5, 5.41) is 17.6. The second kappa shape index (κ2) is 8.41. The van der Waals surface area contributed by atoms with Gasteiger partial charge < -0.3 is 9.84 Å². The fraction of sp³-hybridized carbons (Fsp3) is 0.158. The van der Waals surface area contributed by atoms with Crippen molar-refractivity contribution in [3.8, 4) is 5.69 Å². The third kappa shape index (κ3) is 4.20. The monoisotopic (exact) mass is 425 g/mol. The van der Waals surface area contributed by atoms with E-state index in [0.29, 0.717) is 34.5 Å². The van der Waals surface area contributed by atoms with Crippen LogP contribution in [0.15, 0.2) is 51.9 Å². The van der Waals surface area contributed by atoms with Crippen molar-refractivity contribution in [1.29, 1.82) is 0 Å². The van der Waals surface area contributed by atoms with Gasteiger partial charge in [0, 0.05) is 10.6 Å². The normalized spacial score (nSPS) is 10.9. The number of benzene rings is 2. The first-order valence-corrected chi connectivity index (χ1v) is 9.87. The molecule has 0 fully saturated rings. The molecular formula is C19H16FN7O2S. The average Bonchev–Trinajstić information content (AvgIpc) is 3.36. The molecule has 0 unspecified atom stereocenters. The largest absolute Gasteiger partial charge is 0.338 e. The summed E-state index contributed by atoms with van der Waals surface area (Å²) in [5.74, 6) is 1.06. The molecule has 0 spiro atoms. The van der Waals surface area contributed by atoms with E-state index in [2.05, 4.69) is 31.0 Å². The Morgan fingerprint density at radius 1 is 1.23 bits per heavy atom. The number of hydrogen-bond acceptors (Lipinski definition) is 8. The molecule has 2 aromatic heterocycles. The van der Waals surface area contributed by atoms with Gasteiger partial charge in [-0.1, -0.05) is 17.3 Å². The standard InChI is InChI=1S/C19H16FN7O2S/c1-11-21-18(29-24-11)10-30-17-6-4-3-5-14(17)19(28)22-13-7-8-15(20)16(9-13)27-12(2)23-25-26-27/h3-9H,10H2,1-2H3,(H,22,28). The fourth-order valence-electron chi connectivity index (χ4n) is 2.72. The van der Waals surface area contributed by atoms with Gasteiger partial charge in [-0.2, -0.15) is 9.67 Å². The van der Waals surface area contributed by atoms with Crippen molar-refractivity contribution < 1.29 is 13.7 Å². The molecule has 0 atom stereocenters. The molecule has 0 aliphatic carbocycles. The first kappa shape index (κ1) is 19.7. The number of halogens is 1. The molecule has 4 aromatic rings. The summed E-state index contributed by atoms with van der Waals surface area (Å²) < 4.78 is 20.6. The molecule has 0 saturated carbocycles. The third-order valence-electron chi connectivity index (χ3n) is 4.11. The molecule has 4 rings (SSSR count). The summed E-state index contributed by atoms with van der Waals surface area (Å²) in [5.41, 5.74) is 1.03. The van der Waals surface area contributed by atoms with E-state index >= 15 is 0 Å². The number of hydrogen-bond donors (Lipinski definition) is 1. The molecule has 30 heavy (non-hydrogen) atoms. The first-order chi connectivity index (χ1) is 14.5. The minimum absolute atomic E-state index is 0.143. The van der Waals surface area contributed by atoms with Crippen molar-refractivity contribution in [1.82, 2.24) is 30.3 Å². The molecule has 2 heterocycles. The molecule has 152 valence electrons. The molecule has 9 nitrogen and oxygen atoms in total. The van der Waals surface area contributed by atoms with E-state index in [1.807, 2.05) is 12.1 Å². The number of aromatic nitrogens is 6. The van der Waals surface area contributed by atoms with Crippen LogP contribution in [-0.4, -0.2) is 36.3 Å². The zero-order chi connectivity index (χ0) is 21.1. The summed E-state index contributed by atoms with van der Waals surface area (Å²) in [4.78, 5) is 17.8. The third-order valence-corrected chi connectivity index (χ3v) is 5.17. The van der Waals surface area contributed by atoms with Crippen LogP contribution in [0.2, 0.25) is 0 Å². The predicted molar refractivity (Wildman–Crippen MR) is 107 cm³/mol. The van der Waals surface area contributed by atoms with Crippen LogP contribution in [0.5, 0.6) is 0 Å². The van der Waals surface area contributed by atoms with Crippen LogP contribution in [0.3, 0.4) is 0 Å². The highest BCUT2D eigenvalue weighted by Gasteiger charge is 2.15. The SMILES string of the molecule is Cc1noc(CSc2ccccc2C(=O)Nc2ccc(F)c(-n3nnnc3C)c2)n1. The molecule has 0 saturated heterocycles. The quantitative estimate of drug-likeness (QED) is 0.468. The van der Waals surface area contributed by atoms with Gasteiger partial charge in [-0.25, -0.2) is 4.39 Å². The molecule has 11 heteroatoms. The Kier molecular flexibility index (Phi) is 5.53. The van der Waals surface area contributed by atoms with Crippen molar-refractivity contribution in [3.05, 3.63) is 71.4 Å². The number of tetrazole rings is 1. The summed E-state index contributed by atoms with van der Waals surface area (Å²) in [7, 11) is 0. The Morgan fingerprint density at radius 3 is 2.80 bits per heavy atom. The van der Waals surface area contributed by atoms with Gasteiger partial charge in [-0.3, -0.25) is 4.79 Å². The lowest BCUT2D eigenvalue weighted by Crippen LogP contribution is -2.14. The number of anilines is 1. The maximum absolute atomic E-state index is 14.2. The van der Waals surface area contributed by atoms with E-state index in [1.165, 1.54) is 34.6 Å². The number of nitrogens with zero attached hydrogens (tertiary/aromatic N) is 6. The van der Waals surface area contributed by atoms with Crippen LogP contribution in [0.25, 0.3) is 5.69 Å². The topological polar surface area (TPSA) is 112 Å². The van der Waals surface area contributed by atoms with E-state index in [4.69, 9.17) is 4.52 Å². The van der Waals surface area contributed by atoms with Crippen LogP contribution in [-0.2, 0) is 5.75 Å². The second-order valence-electron chi connectivity index (χ2n) is 6.28. The number of rotatable bonds is 6. The van der Waals surface area contributed by atoms with Gasteiger partial charge in [0.2, 0.25) is 5.89 Å². The van der Waals surface area contributed by atoms with Gasteiger partial charge in [0.1, 0.15) is 11.5 Å². The van der Waals surface area contributed by atoms with Crippen LogP contribution < -0.4 is 5.32 Å². The molecular weight excluding hydrogens is 409 g/mol. The van der Waals surface area contributed by atoms with E-state index in [1.54, 1.807) is 26.0 Å². The number of amides is 1. The highest BCUT2D eigenvalue weighted by Crippen LogP contribution is 2.27. The van der Waals surface area contributed by atoms with Gasteiger partial charge in [0.25, 0.3) is 5.91 Å². The molecule has 1 amide bonds. The Labute approximate surface area is 174 Å². The van der Waals surface area contributed by atoms with Crippen molar-refractivity contribution in [2.75, 3.05) is 5.32 Å². The number of carbonyl (C=O) groups is 1. The fourth-order valence-corrected chi connectivity index (χ4v) is 3.61. The van der Waals surface area contributed by atoms with Crippen LogP contribution in [0.1, 0.15) is 27.9 Å². The second-order valence-corrected chi connectivity index (χ2v) is 7.30. The van der Waals surface area contributed by atoms with E-state index in [-0.39, 0.29) is 11.6 Å². The lowest BCUT2D eigenvalue weighted by atomic mass is 10.2. The zero-order valence-electron chi connectivity index (χ0n) is 16.0.